The molecule has 0 bridgehead atoms. The van der Waals surface area contributed by atoms with E-state index in [0.717, 1.165) is 24.5 Å². The fraction of sp³-hybridized carbons (Fsp3) is 0.222. The standard InChI is InChI=1S/C18H18ClN3O2/c19-15-4-1-14(2-5-15)3-8-18(24)22-11-9-21(10-12-22)17-7-6-16(23)13-20-17/h1-8,13,23H,9-12H2/b8-3+. The lowest BCUT2D eigenvalue weighted by molar-refractivity contribution is -0.126. The molecule has 0 aliphatic carbocycles. The Hall–Kier alpha value is -2.53. The minimum atomic E-state index is 0.00302. The predicted octanol–water partition coefficient (Wildman–Crippen LogP) is 2.80. The highest BCUT2D eigenvalue weighted by Gasteiger charge is 2.20. The minimum Gasteiger partial charge on any atom is -0.506 e. The number of piperazine rings is 1. The third-order valence-corrected chi connectivity index (χ3v) is 4.19. The maximum absolute atomic E-state index is 12.3. The number of nitrogens with zero attached hydrogens (tertiary/aromatic N) is 3. The first-order valence-electron chi connectivity index (χ1n) is 7.74. The molecule has 0 atom stereocenters. The van der Waals surface area contributed by atoms with Gasteiger partial charge in [-0.25, -0.2) is 4.98 Å². The minimum absolute atomic E-state index is 0.00302. The van der Waals surface area contributed by atoms with Gasteiger partial charge in [0.1, 0.15) is 11.6 Å². The molecule has 3 rings (SSSR count). The first-order chi connectivity index (χ1) is 11.6. The molecule has 1 fully saturated rings. The van der Waals surface area contributed by atoms with Gasteiger partial charge in [0, 0.05) is 37.3 Å². The highest BCUT2D eigenvalue weighted by Crippen LogP contribution is 2.17. The second-order valence-electron chi connectivity index (χ2n) is 5.57. The summed E-state index contributed by atoms with van der Waals surface area (Å²) in [5.74, 6) is 0.972. The Morgan fingerprint density at radius 2 is 1.79 bits per heavy atom. The predicted molar refractivity (Wildman–Crippen MR) is 95.2 cm³/mol. The summed E-state index contributed by atoms with van der Waals surface area (Å²) in [5, 5.41) is 9.97. The van der Waals surface area contributed by atoms with Crippen molar-refractivity contribution in [3.63, 3.8) is 0 Å². The molecule has 0 unspecified atom stereocenters. The molecule has 124 valence electrons. The van der Waals surface area contributed by atoms with Gasteiger partial charge in [0.25, 0.3) is 0 Å². The number of pyridine rings is 1. The van der Waals surface area contributed by atoms with Crippen molar-refractivity contribution in [1.82, 2.24) is 9.88 Å². The van der Waals surface area contributed by atoms with Gasteiger partial charge in [-0.15, -0.1) is 0 Å². The number of anilines is 1. The molecule has 0 spiro atoms. The van der Waals surface area contributed by atoms with Crippen LogP contribution >= 0.6 is 11.6 Å². The van der Waals surface area contributed by atoms with Crippen molar-refractivity contribution in [2.24, 2.45) is 0 Å². The van der Waals surface area contributed by atoms with Crippen LogP contribution < -0.4 is 4.90 Å². The van der Waals surface area contributed by atoms with Gasteiger partial charge in [-0.2, -0.15) is 0 Å². The van der Waals surface area contributed by atoms with Crippen molar-refractivity contribution in [1.29, 1.82) is 0 Å². The Balaban J connectivity index is 1.55. The summed E-state index contributed by atoms with van der Waals surface area (Å²) < 4.78 is 0. The summed E-state index contributed by atoms with van der Waals surface area (Å²) >= 11 is 5.85. The van der Waals surface area contributed by atoms with Gasteiger partial charge < -0.3 is 14.9 Å². The van der Waals surface area contributed by atoms with Crippen LogP contribution in [0, 0.1) is 0 Å². The summed E-state index contributed by atoms with van der Waals surface area (Å²) in [4.78, 5) is 20.4. The van der Waals surface area contributed by atoms with Gasteiger partial charge in [0.2, 0.25) is 5.91 Å². The smallest absolute Gasteiger partial charge is 0.246 e. The Morgan fingerprint density at radius 1 is 1.08 bits per heavy atom. The topological polar surface area (TPSA) is 56.7 Å². The molecule has 6 heteroatoms. The Labute approximate surface area is 145 Å². The highest BCUT2D eigenvalue weighted by atomic mass is 35.5. The second kappa shape index (κ2) is 7.36. The van der Waals surface area contributed by atoms with E-state index in [4.69, 9.17) is 11.6 Å². The van der Waals surface area contributed by atoms with Crippen molar-refractivity contribution < 1.29 is 9.90 Å². The van der Waals surface area contributed by atoms with Crippen LogP contribution in [0.1, 0.15) is 5.56 Å². The molecule has 1 amide bonds. The number of hydrogen-bond acceptors (Lipinski definition) is 4. The number of aromatic nitrogens is 1. The summed E-state index contributed by atoms with van der Waals surface area (Å²) in [5.41, 5.74) is 0.944. The van der Waals surface area contributed by atoms with E-state index in [1.165, 1.54) is 6.20 Å². The van der Waals surface area contributed by atoms with Crippen LogP contribution in [-0.4, -0.2) is 47.1 Å². The van der Waals surface area contributed by atoms with Crippen LogP contribution in [0.5, 0.6) is 5.75 Å². The average molecular weight is 344 g/mol. The van der Waals surface area contributed by atoms with Crippen LogP contribution in [0.2, 0.25) is 5.02 Å². The van der Waals surface area contributed by atoms with Crippen LogP contribution in [0.4, 0.5) is 5.82 Å². The largest absolute Gasteiger partial charge is 0.506 e. The maximum atomic E-state index is 12.3. The number of carbonyl (C=O) groups excluding carboxylic acids is 1. The van der Waals surface area contributed by atoms with Crippen molar-refractivity contribution >= 4 is 29.4 Å². The highest BCUT2D eigenvalue weighted by molar-refractivity contribution is 6.30. The van der Waals surface area contributed by atoms with E-state index in [1.807, 2.05) is 17.0 Å². The third-order valence-electron chi connectivity index (χ3n) is 3.94. The molecule has 1 aliphatic rings. The van der Waals surface area contributed by atoms with Crippen molar-refractivity contribution in [3.05, 3.63) is 59.3 Å². The summed E-state index contributed by atoms with van der Waals surface area (Å²) in [6.45, 7) is 2.73. The quantitative estimate of drug-likeness (QED) is 0.871. The molecule has 1 aromatic heterocycles. The van der Waals surface area contributed by atoms with Crippen LogP contribution in [0.25, 0.3) is 6.08 Å². The Morgan fingerprint density at radius 3 is 2.42 bits per heavy atom. The summed E-state index contributed by atoms with van der Waals surface area (Å²) in [6, 6.07) is 10.8. The molecule has 1 aliphatic heterocycles. The van der Waals surface area contributed by atoms with Gasteiger partial charge in [-0.3, -0.25) is 4.79 Å². The van der Waals surface area contributed by atoms with Crippen LogP contribution in [0.15, 0.2) is 48.7 Å². The maximum Gasteiger partial charge on any atom is 0.246 e. The first kappa shape index (κ1) is 16.3. The summed E-state index contributed by atoms with van der Waals surface area (Å²) in [7, 11) is 0. The zero-order chi connectivity index (χ0) is 16.9. The molecule has 1 N–H and O–H groups in total. The Kier molecular flexibility index (Phi) is 5.01. The number of carbonyl (C=O) groups is 1. The first-order valence-corrected chi connectivity index (χ1v) is 8.12. The van der Waals surface area contributed by atoms with Gasteiger partial charge in [-0.1, -0.05) is 23.7 Å². The molecule has 1 saturated heterocycles. The number of aromatic hydroxyl groups is 1. The number of hydrogen-bond donors (Lipinski definition) is 1. The molecular weight excluding hydrogens is 326 g/mol. The SMILES string of the molecule is O=C(/C=C/c1ccc(Cl)cc1)N1CCN(c2ccc(O)cn2)CC1. The molecule has 0 saturated carbocycles. The van der Waals surface area contributed by atoms with E-state index < -0.39 is 0 Å². The fourth-order valence-corrected chi connectivity index (χ4v) is 2.69. The van der Waals surface area contributed by atoms with E-state index in [1.54, 1.807) is 36.4 Å². The summed E-state index contributed by atoms with van der Waals surface area (Å²) in [6.07, 6.45) is 4.83. The molecule has 24 heavy (non-hydrogen) atoms. The van der Waals surface area contributed by atoms with E-state index in [-0.39, 0.29) is 11.7 Å². The van der Waals surface area contributed by atoms with E-state index in [2.05, 4.69) is 9.88 Å². The monoisotopic (exact) mass is 343 g/mol. The van der Waals surface area contributed by atoms with Crippen molar-refractivity contribution in [2.45, 2.75) is 0 Å². The lowest BCUT2D eigenvalue weighted by Gasteiger charge is -2.34. The number of halogens is 1. The molecule has 2 aromatic rings. The fourth-order valence-electron chi connectivity index (χ4n) is 2.57. The lowest BCUT2D eigenvalue weighted by atomic mass is 10.2. The van der Waals surface area contributed by atoms with Crippen molar-refractivity contribution in [3.8, 4) is 5.75 Å². The zero-order valence-corrected chi connectivity index (χ0v) is 13.9. The van der Waals surface area contributed by atoms with Crippen LogP contribution in [-0.2, 0) is 4.79 Å². The Bertz CT molecular complexity index is 721. The second-order valence-corrected chi connectivity index (χ2v) is 6.01. The number of rotatable bonds is 3. The van der Waals surface area contributed by atoms with E-state index in [9.17, 15) is 9.90 Å². The molecular formula is C18H18ClN3O2. The van der Waals surface area contributed by atoms with Gasteiger partial charge in [0.05, 0.1) is 6.20 Å². The molecule has 5 nitrogen and oxygen atoms in total. The van der Waals surface area contributed by atoms with E-state index in [0.29, 0.717) is 18.1 Å². The molecule has 1 aromatic carbocycles. The zero-order valence-electron chi connectivity index (χ0n) is 13.1. The van der Waals surface area contributed by atoms with Gasteiger partial charge in [-0.05, 0) is 35.9 Å². The normalized spacial score (nSPS) is 15.0. The molecule has 0 radical (unpaired) electrons. The van der Waals surface area contributed by atoms with Crippen LogP contribution in [0.3, 0.4) is 0 Å². The lowest BCUT2D eigenvalue weighted by Crippen LogP contribution is -2.48. The number of benzene rings is 1. The third kappa shape index (κ3) is 4.06. The van der Waals surface area contributed by atoms with Crippen molar-refractivity contribution in [2.75, 3.05) is 31.1 Å². The average Bonchev–Trinajstić information content (AvgIpc) is 2.62. The van der Waals surface area contributed by atoms with Gasteiger partial charge in [0.15, 0.2) is 0 Å². The van der Waals surface area contributed by atoms with Gasteiger partial charge >= 0.3 is 0 Å². The molecule has 2 heterocycles. The van der Waals surface area contributed by atoms with E-state index >= 15 is 0 Å². The number of amides is 1.